The molecular weight excluding hydrogens is 246 g/mol. The van der Waals surface area contributed by atoms with E-state index >= 15 is 0 Å². The van der Waals surface area contributed by atoms with Gasteiger partial charge >= 0.3 is 0 Å². The minimum absolute atomic E-state index is 0.620. The first kappa shape index (κ1) is 9.92. The fourth-order valence-corrected chi connectivity index (χ4v) is 2.60. The van der Waals surface area contributed by atoms with Crippen LogP contribution in [0, 0.1) is 0 Å². The molecule has 0 aliphatic carbocycles. The van der Waals surface area contributed by atoms with Crippen LogP contribution in [0.25, 0.3) is 32.8 Å². The maximum Gasteiger partial charge on any atom is 0.227 e. The molecule has 4 rings (SSSR count). The van der Waals surface area contributed by atoms with Crippen LogP contribution >= 0.6 is 11.6 Å². The fraction of sp³-hybridized carbons (Fsp3) is 0. The van der Waals surface area contributed by atoms with Gasteiger partial charge in [-0.25, -0.2) is 4.98 Å². The lowest BCUT2D eigenvalue weighted by molar-refractivity contribution is 0.655. The van der Waals surface area contributed by atoms with Crippen molar-refractivity contribution in [2.24, 2.45) is 0 Å². The number of para-hydroxylation sites is 1. The average Bonchev–Trinajstić information content (AvgIpc) is 2.79. The number of hydrogen-bond donors (Lipinski definition) is 0. The highest BCUT2D eigenvalue weighted by molar-refractivity contribution is 6.36. The summed E-state index contributed by atoms with van der Waals surface area (Å²) in [6, 6.07) is 13.9. The third-order valence-corrected chi connectivity index (χ3v) is 3.50. The Morgan fingerprint density at radius 2 is 1.78 bits per heavy atom. The molecule has 0 spiro atoms. The Morgan fingerprint density at radius 1 is 0.944 bits per heavy atom. The highest BCUT2D eigenvalue weighted by Gasteiger charge is 2.12. The summed E-state index contributed by atoms with van der Waals surface area (Å²) in [6.45, 7) is 0. The quantitative estimate of drug-likeness (QED) is 0.450. The van der Waals surface area contributed by atoms with Crippen molar-refractivity contribution >= 4 is 44.4 Å². The smallest absolute Gasteiger partial charge is 0.227 e. The minimum atomic E-state index is 0.620. The van der Waals surface area contributed by atoms with Crippen LogP contribution < -0.4 is 0 Å². The summed E-state index contributed by atoms with van der Waals surface area (Å²) < 4.78 is 5.75. The van der Waals surface area contributed by atoms with Gasteiger partial charge in [0.25, 0.3) is 0 Å². The maximum absolute atomic E-state index is 6.16. The van der Waals surface area contributed by atoms with Crippen molar-refractivity contribution in [1.82, 2.24) is 4.98 Å². The van der Waals surface area contributed by atoms with Crippen molar-refractivity contribution in [2.75, 3.05) is 0 Å². The second-order valence-corrected chi connectivity index (χ2v) is 4.65. The van der Waals surface area contributed by atoms with Gasteiger partial charge in [0.2, 0.25) is 5.71 Å². The van der Waals surface area contributed by atoms with E-state index in [0.29, 0.717) is 16.3 Å². The van der Waals surface area contributed by atoms with Crippen LogP contribution in [0.4, 0.5) is 0 Å². The molecule has 2 aromatic heterocycles. The molecule has 0 saturated heterocycles. The number of rotatable bonds is 0. The Labute approximate surface area is 108 Å². The van der Waals surface area contributed by atoms with Crippen LogP contribution in [0.2, 0.25) is 5.02 Å². The van der Waals surface area contributed by atoms with Crippen LogP contribution in [0.3, 0.4) is 0 Å². The molecule has 0 atom stereocenters. The SMILES string of the molecule is Clc1cccc2c1oc1ncc3ccccc3c12. The van der Waals surface area contributed by atoms with Gasteiger partial charge in [0, 0.05) is 17.0 Å². The molecule has 2 heterocycles. The van der Waals surface area contributed by atoms with Crippen molar-refractivity contribution in [3.8, 4) is 0 Å². The third kappa shape index (κ3) is 1.21. The van der Waals surface area contributed by atoms with Gasteiger partial charge in [-0.15, -0.1) is 0 Å². The van der Waals surface area contributed by atoms with E-state index in [9.17, 15) is 0 Å². The van der Waals surface area contributed by atoms with Crippen LogP contribution in [0.1, 0.15) is 0 Å². The second kappa shape index (κ2) is 3.47. The van der Waals surface area contributed by atoms with Crippen molar-refractivity contribution in [3.63, 3.8) is 0 Å². The van der Waals surface area contributed by atoms with Gasteiger partial charge < -0.3 is 4.42 Å². The number of furan rings is 1. The third-order valence-electron chi connectivity index (χ3n) is 3.20. The molecule has 0 bridgehead atoms. The molecule has 0 aliphatic rings. The van der Waals surface area contributed by atoms with Gasteiger partial charge in [-0.3, -0.25) is 0 Å². The van der Waals surface area contributed by atoms with Crippen LogP contribution in [0.5, 0.6) is 0 Å². The van der Waals surface area contributed by atoms with E-state index in [4.69, 9.17) is 16.0 Å². The second-order valence-electron chi connectivity index (χ2n) is 4.24. The van der Waals surface area contributed by atoms with E-state index in [1.54, 1.807) is 0 Å². The van der Waals surface area contributed by atoms with Gasteiger partial charge in [-0.2, -0.15) is 0 Å². The van der Waals surface area contributed by atoms with E-state index < -0.39 is 0 Å². The van der Waals surface area contributed by atoms with E-state index in [-0.39, 0.29) is 0 Å². The van der Waals surface area contributed by atoms with Crippen LogP contribution in [-0.4, -0.2) is 4.98 Å². The number of halogens is 1. The van der Waals surface area contributed by atoms with Gasteiger partial charge in [0.1, 0.15) is 0 Å². The van der Waals surface area contributed by atoms with Crippen molar-refractivity contribution < 1.29 is 4.42 Å². The fourth-order valence-electron chi connectivity index (χ4n) is 2.39. The number of nitrogens with zero attached hydrogens (tertiary/aromatic N) is 1. The number of benzene rings is 2. The van der Waals surface area contributed by atoms with Crippen molar-refractivity contribution in [2.45, 2.75) is 0 Å². The summed E-state index contributed by atoms with van der Waals surface area (Å²) in [5.41, 5.74) is 1.34. The first-order valence-electron chi connectivity index (χ1n) is 5.69. The zero-order valence-corrected chi connectivity index (χ0v) is 10.1. The highest BCUT2D eigenvalue weighted by atomic mass is 35.5. The number of fused-ring (bicyclic) bond motifs is 5. The summed E-state index contributed by atoms with van der Waals surface area (Å²) >= 11 is 6.16. The predicted octanol–water partition coefficient (Wildman–Crippen LogP) is 4.79. The molecule has 0 saturated carbocycles. The largest absolute Gasteiger partial charge is 0.436 e. The molecule has 0 fully saturated rings. The lowest BCUT2D eigenvalue weighted by atomic mass is 10.1. The molecule has 4 aromatic rings. The van der Waals surface area contributed by atoms with E-state index in [1.165, 1.54) is 0 Å². The highest BCUT2D eigenvalue weighted by Crippen LogP contribution is 2.35. The molecular formula is C15H8ClNO. The lowest BCUT2D eigenvalue weighted by Gasteiger charge is -1.97. The Hall–Kier alpha value is -2.06. The zero-order chi connectivity index (χ0) is 12.1. The van der Waals surface area contributed by atoms with Gasteiger partial charge in [0.05, 0.1) is 10.4 Å². The van der Waals surface area contributed by atoms with Crippen molar-refractivity contribution in [1.29, 1.82) is 0 Å². The minimum Gasteiger partial charge on any atom is -0.436 e. The summed E-state index contributed by atoms with van der Waals surface area (Å²) in [6.07, 6.45) is 1.83. The molecule has 2 nitrogen and oxygen atoms in total. The summed E-state index contributed by atoms with van der Waals surface area (Å²) in [5.74, 6) is 0. The maximum atomic E-state index is 6.16. The molecule has 0 N–H and O–H groups in total. The standard InChI is InChI=1S/C15H8ClNO/c16-12-7-3-6-11-13-10-5-2-1-4-9(10)8-17-15(13)18-14(11)12/h1-8H. The normalized spacial score (nSPS) is 11.6. The number of pyridine rings is 1. The monoisotopic (exact) mass is 253 g/mol. The molecule has 0 unspecified atom stereocenters. The van der Waals surface area contributed by atoms with Crippen LogP contribution in [-0.2, 0) is 0 Å². The zero-order valence-electron chi connectivity index (χ0n) is 9.35. The summed E-state index contributed by atoms with van der Waals surface area (Å²) in [7, 11) is 0. The Balaban J connectivity index is 2.37. The Bertz CT molecular complexity index is 895. The Morgan fingerprint density at radius 3 is 2.72 bits per heavy atom. The molecule has 0 radical (unpaired) electrons. The van der Waals surface area contributed by atoms with Gasteiger partial charge in [-0.1, -0.05) is 48.0 Å². The van der Waals surface area contributed by atoms with E-state index in [0.717, 1.165) is 21.5 Å². The van der Waals surface area contributed by atoms with Gasteiger partial charge in [0.15, 0.2) is 5.58 Å². The van der Waals surface area contributed by atoms with Gasteiger partial charge in [-0.05, 0) is 11.5 Å². The first-order chi connectivity index (χ1) is 8.84. The molecule has 0 amide bonds. The van der Waals surface area contributed by atoms with E-state index in [2.05, 4.69) is 11.1 Å². The average molecular weight is 254 g/mol. The summed E-state index contributed by atoms with van der Waals surface area (Å²) in [4.78, 5) is 4.36. The molecule has 3 heteroatoms. The first-order valence-corrected chi connectivity index (χ1v) is 6.07. The Kier molecular flexibility index (Phi) is 1.91. The number of aromatic nitrogens is 1. The van der Waals surface area contributed by atoms with Crippen LogP contribution in [0.15, 0.2) is 53.1 Å². The van der Waals surface area contributed by atoms with Crippen molar-refractivity contribution in [3.05, 3.63) is 53.7 Å². The molecule has 0 aliphatic heterocycles. The molecule has 86 valence electrons. The predicted molar refractivity (Wildman–Crippen MR) is 74.0 cm³/mol. The molecule has 18 heavy (non-hydrogen) atoms. The van der Waals surface area contributed by atoms with E-state index in [1.807, 2.05) is 42.6 Å². The summed E-state index contributed by atoms with van der Waals surface area (Å²) in [5, 5.41) is 4.91. The lowest BCUT2D eigenvalue weighted by Crippen LogP contribution is -1.77. The topological polar surface area (TPSA) is 26.0 Å². The molecule has 2 aromatic carbocycles. The number of hydrogen-bond acceptors (Lipinski definition) is 2.